The van der Waals surface area contributed by atoms with Crippen LogP contribution < -0.4 is 11.1 Å². The first-order valence-corrected chi connectivity index (χ1v) is 7.08. The summed E-state index contributed by atoms with van der Waals surface area (Å²) in [5.41, 5.74) is 5.65. The molecule has 0 saturated heterocycles. The molecule has 0 saturated carbocycles. The summed E-state index contributed by atoms with van der Waals surface area (Å²) in [6, 6.07) is -0.0434. The van der Waals surface area contributed by atoms with Crippen LogP contribution in [-0.4, -0.2) is 44.6 Å². The smallest absolute Gasteiger partial charge is 0.306 e. The van der Waals surface area contributed by atoms with E-state index in [0.717, 1.165) is 12.8 Å². The molecule has 0 spiro atoms. The van der Waals surface area contributed by atoms with Gasteiger partial charge in [-0.3, -0.25) is 14.3 Å². The van der Waals surface area contributed by atoms with Crippen LogP contribution in [0.15, 0.2) is 6.20 Å². The maximum absolute atomic E-state index is 11.9. The Hall–Kier alpha value is -1.96. The van der Waals surface area contributed by atoms with Gasteiger partial charge in [0.15, 0.2) is 5.69 Å². The monoisotopic (exact) mass is 297 g/mol. The molecule has 8 nitrogen and oxygen atoms in total. The third-order valence-electron chi connectivity index (χ3n) is 3.20. The lowest BCUT2D eigenvalue weighted by Gasteiger charge is -2.13. The van der Waals surface area contributed by atoms with E-state index in [9.17, 15) is 9.59 Å². The molecule has 118 valence electrons. The number of hydrogen-bond donors (Lipinski definition) is 3. The first-order chi connectivity index (χ1) is 9.93. The molecule has 1 aromatic heterocycles. The molecule has 0 bridgehead atoms. The van der Waals surface area contributed by atoms with Gasteiger partial charge in [-0.15, -0.1) is 5.10 Å². The van der Waals surface area contributed by atoms with Crippen molar-refractivity contribution in [3.8, 4) is 0 Å². The predicted molar refractivity (Wildman–Crippen MR) is 76.7 cm³/mol. The van der Waals surface area contributed by atoms with E-state index in [2.05, 4.69) is 15.6 Å². The standard InChI is InChI=1S/C13H23N5O3/c1-9(13(20)21)4-3-5-10(2)15-12(19)11-8-18(7-6-14)17-16-11/h8-10H,3-7,14H2,1-2H3,(H,15,19)(H,20,21). The molecule has 0 aromatic carbocycles. The van der Waals surface area contributed by atoms with Gasteiger partial charge in [0.05, 0.1) is 18.7 Å². The number of nitrogens with one attached hydrogen (secondary N) is 1. The fourth-order valence-electron chi connectivity index (χ4n) is 1.87. The second-order valence-corrected chi connectivity index (χ2v) is 5.20. The normalized spacial score (nSPS) is 13.7. The lowest BCUT2D eigenvalue weighted by atomic mass is 10.0. The van der Waals surface area contributed by atoms with Gasteiger partial charge in [-0.1, -0.05) is 18.6 Å². The summed E-state index contributed by atoms with van der Waals surface area (Å²) >= 11 is 0. The van der Waals surface area contributed by atoms with E-state index in [1.807, 2.05) is 6.92 Å². The highest BCUT2D eigenvalue weighted by molar-refractivity contribution is 5.92. The van der Waals surface area contributed by atoms with Crippen LogP contribution in [0.5, 0.6) is 0 Å². The van der Waals surface area contributed by atoms with Gasteiger partial charge in [0.1, 0.15) is 0 Å². The SMILES string of the molecule is CC(CCCC(C)C(=O)O)NC(=O)c1cn(CCN)nn1. The summed E-state index contributed by atoms with van der Waals surface area (Å²) in [7, 11) is 0. The number of amides is 1. The van der Waals surface area contributed by atoms with Crippen molar-refractivity contribution >= 4 is 11.9 Å². The third-order valence-corrected chi connectivity index (χ3v) is 3.20. The molecule has 1 aromatic rings. The van der Waals surface area contributed by atoms with E-state index < -0.39 is 5.97 Å². The highest BCUT2D eigenvalue weighted by Gasteiger charge is 2.15. The molecule has 1 heterocycles. The second kappa shape index (κ2) is 8.35. The number of nitrogens with zero attached hydrogens (tertiary/aromatic N) is 3. The van der Waals surface area contributed by atoms with Crippen molar-refractivity contribution in [2.75, 3.05) is 6.54 Å². The summed E-state index contributed by atoms with van der Waals surface area (Å²) in [6.07, 6.45) is 3.62. The van der Waals surface area contributed by atoms with E-state index in [0.29, 0.717) is 19.5 Å². The molecule has 4 N–H and O–H groups in total. The number of rotatable bonds is 9. The molecular weight excluding hydrogens is 274 g/mol. The Morgan fingerprint density at radius 3 is 2.76 bits per heavy atom. The molecule has 1 rings (SSSR count). The lowest BCUT2D eigenvalue weighted by molar-refractivity contribution is -0.141. The molecular formula is C13H23N5O3. The van der Waals surface area contributed by atoms with Crippen LogP contribution in [-0.2, 0) is 11.3 Å². The van der Waals surface area contributed by atoms with Crippen molar-refractivity contribution in [2.45, 2.75) is 45.7 Å². The van der Waals surface area contributed by atoms with Crippen molar-refractivity contribution in [3.63, 3.8) is 0 Å². The largest absolute Gasteiger partial charge is 0.481 e. The Morgan fingerprint density at radius 2 is 2.14 bits per heavy atom. The van der Waals surface area contributed by atoms with Gasteiger partial charge in [-0.05, 0) is 19.8 Å². The van der Waals surface area contributed by atoms with E-state index in [1.54, 1.807) is 13.1 Å². The van der Waals surface area contributed by atoms with Crippen molar-refractivity contribution in [3.05, 3.63) is 11.9 Å². The molecule has 0 radical (unpaired) electrons. The molecule has 8 heteroatoms. The van der Waals surface area contributed by atoms with Crippen LogP contribution in [0, 0.1) is 5.92 Å². The number of carbonyl (C=O) groups is 2. The van der Waals surface area contributed by atoms with E-state index >= 15 is 0 Å². The lowest BCUT2D eigenvalue weighted by Crippen LogP contribution is -2.32. The maximum atomic E-state index is 11.9. The third kappa shape index (κ3) is 5.90. The summed E-state index contributed by atoms with van der Waals surface area (Å²) in [6.45, 7) is 4.51. The summed E-state index contributed by atoms with van der Waals surface area (Å²) < 4.78 is 1.52. The van der Waals surface area contributed by atoms with Crippen LogP contribution >= 0.6 is 0 Å². The Bertz CT molecular complexity index is 474. The van der Waals surface area contributed by atoms with E-state index in [4.69, 9.17) is 10.8 Å². The number of carbonyl (C=O) groups excluding carboxylic acids is 1. The molecule has 0 fully saturated rings. The first-order valence-electron chi connectivity index (χ1n) is 7.08. The zero-order valence-corrected chi connectivity index (χ0v) is 12.5. The number of hydrogen-bond acceptors (Lipinski definition) is 5. The molecule has 21 heavy (non-hydrogen) atoms. The average molecular weight is 297 g/mol. The summed E-state index contributed by atoms with van der Waals surface area (Å²) in [5, 5.41) is 19.2. The fraction of sp³-hybridized carbons (Fsp3) is 0.692. The minimum atomic E-state index is -0.789. The van der Waals surface area contributed by atoms with Crippen molar-refractivity contribution < 1.29 is 14.7 Å². The number of aliphatic carboxylic acids is 1. The summed E-state index contributed by atoms with van der Waals surface area (Å²) in [5.74, 6) is -1.43. The predicted octanol–water partition coefficient (Wildman–Crippen LogP) is 0.246. The molecule has 0 aliphatic heterocycles. The number of carboxylic acid groups (broad SMARTS) is 1. The Balaban J connectivity index is 2.34. The summed E-state index contributed by atoms with van der Waals surface area (Å²) in [4.78, 5) is 22.6. The highest BCUT2D eigenvalue weighted by atomic mass is 16.4. The van der Waals surface area contributed by atoms with Crippen molar-refractivity contribution in [2.24, 2.45) is 11.7 Å². The van der Waals surface area contributed by atoms with Gasteiger partial charge in [0.2, 0.25) is 0 Å². The Kier molecular flexibility index (Phi) is 6.80. The van der Waals surface area contributed by atoms with Gasteiger partial charge in [0.25, 0.3) is 5.91 Å². The van der Waals surface area contributed by atoms with Gasteiger partial charge < -0.3 is 16.2 Å². The molecule has 0 aliphatic rings. The first kappa shape index (κ1) is 17.1. The van der Waals surface area contributed by atoms with Crippen molar-refractivity contribution in [1.29, 1.82) is 0 Å². The number of carboxylic acids is 1. The van der Waals surface area contributed by atoms with E-state index in [1.165, 1.54) is 4.68 Å². The quantitative estimate of drug-likeness (QED) is 0.600. The number of nitrogens with two attached hydrogens (primary N) is 1. The van der Waals surface area contributed by atoms with E-state index in [-0.39, 0.29) is 23.6 Å². The van der Waals surface area contributed by atoms with Crippen LogP contribution in [0.1, 0.15) is 43.6 Å². The molecule has 0 aliphatic carbocycles. The molecule has 2 unspecified atom stereocenters. The highest BCUT2D eigenvalue weighted by Crippen LogP contribution is 2.09. The van der Waals surface area contributed by atoms with Gasteiger partial charge in [0, 0.05) is 12.6 Å². The molecule has 2 atom stereocenters. The van der Waals surface area contributed by atoms with Crippen LogP contribution in [0.3, 0.4) is 0 Å². The van der Waals surface area contributed by atoms with Gasteiger partial charge >= 0.3 is 5.97 Å². The second-order valence-electron chi connectivity index (χ2n) is 5.20. The van der Waals surface area contributed by atoms with Crippen molar-refractivity contribution in [1.82, 2.24) is 20.3 Å². The molecule has 1 amide bonds. The van der Waals surface area contributed by atoms with Crippen LogP contribution in [0.25, 0.3) is 0 Å². The van der Waals surface area contributed by atoms with Crippen LogP contribution in [0.4, 0.5) is 0 Å². The minimum Gasteiger partial charge on any atom is -0.481 e. The zero-order valence-electron chi connectivity index (χ0n) is 12.5. The fourth-order valence-corrected chi connectivity index (χ4v) is 1.87. The number of aromatic nitrogens is 3. The topological polar surface area (TPSA) is 123 Å². The Labute approximate surface area is 123 Å². The Morgan fingerprint density at radius 1 is 1.43 bits per heavy atom. The zero-order chi connectivity index (χ0) is 15.8. The minimum absolute atomic E-state index is 0.0434. The van der Waals surface area contributed by atoms with Crippen LogP contribution in [0.2, 0.25) is 0 Å². The van der Waals surface area contributed by atoms with Gasteiger partial charge in [-0.2, -0.15) is 0 Å². The van der Waals surface area contributed by atoms with Gasteiger partial charge in [-0.25, -0.2) is 0 Å². The maximum Gasteiger partial charge on any atom is 0.306 e. The average Bonchev–Trinajstić information content (AvgIpc) is 2.87.